The molecule has 0 aliphatic rings. The molecule has 0 spiro atoms. The van der Waals surface area contributed by atoms with E-state index in [1.807, 2.05) is 25.1 Å². The van der Waals surface area contributed by atoms with E-state index in [0.29, 0.717) is 0 Å². The van der Waals surface area contributed by atoms with Crippen molar-refractivity contribution in [3.8, 4) is 5.69 Å². The average molecular weight is 174 g/mol. The number of benzene rings is 1. The molecule has 0 aliphatic carbocycles. The molecule has 2 aromatic rings. The number of hydrogen-bond acceptors (Lipinski definition) is 3. The van der Waals surface area contributed by atoms with Gasteiger partial charge in [-0.25, -0.2) is 4.68 Å². The van der Waals surface area contributed by atoms with Gasteiger partial charge in [0.2, 0.25) is 0 Å². The van der Waals surface area contributed by atoms with E-state index in [4.69, 9.17) is 5.73 Å². The molecule has 0 amide bonds. The van der Waals surface area contributed by atoms with E-state index in [1.165, 1.54) is 0 Å². The van der Waals surface area contributed by atoms with Gasteiger partial charge in [-0.15, -0.1) is 5.10 Å². The Morgan fingerprint density at radius 2 is 2.15 bits per heavy atom. The quantitative estimate of drug-likeness (QED) is 0.660. The lowest BCUT2D eigenvalue weighted by atomic mass is 10.2. The number of nitrogens with two attached hydrogens (primary N) is 1. The fraction of sp³-hybridized carbons (Fsp3) is 0.111. The number of anilines is 1. The molecule has 2 rings (SSSR count). The number of aromatic nitrogens is 3. The zero-order valence-electron chi connectivity index (χ0n) is 7.31. The van der Waals surface area contributed by atoms with Crippen LogP contribution in [0.25, 0.3) is 5.69 Å². The molecule has 13 heavy (non-hydrogen) atoms. The summed E-state index contributed by atoms with van der Waals surface area (Å²) in [6, 6.07) is 5.78. The summed E-state index contributed by atoms with van der Waals surface area (Å²) in [5.74, 6) is 0. The highest BCUT2D eigenvalue weighted by Crippen LogP contribution is 2.13. The first-order valence-corrected chi connectivity index (χ1v) is 3.99. The summed E-state index contributed by atoms with van der Waals surface area (Å²) in [5, 5.41) is 7.61. The summed E-state index contributed by atoms with van der Waals surface area (Å²) in [4.78, 5) is 0. The number of hydrogen-bond donors (Lipinski definition) is 1. The Balaban J connectivity index is 2.53. The third-order valence-electron chi connectivity index (χ3n) is 1.77. The second-order valence-corrected chi connectivity index (χ2v) is 2.95. The molecule has 0 saturated heterocycles. The molecular weight excluding hydrogens is 164 g/mol. The first-order chi connectivity index (χ1) is 6.25. The van der Waals surface area contributed by atoms with Crippen molar-refractivity contribution < 1.29 is 0 Å². The minimum absolute atomic E-state index is 0.741. The largest absolute Gasteiger partial charge is 0.399 e. The van der Waals surface area contributed by atoms with E-state index < -0.39 is 0 Å². The zero-order chi connectivity index (χ0) is 9.26. The van der Waals surface area contributed by atoms with Gasteiger partial charge in [-0.3, -0.25) is 0 Å². The summed E-state index contributed by atoms with van der Waals surface area (Å²) < 4.78 is 1.68. The standard InChI is InChI=1S/C9H10N4/c1-7-4-8(10)6-9(5-7)13-3-2-11-12-13/h2-6H,10H2,1H3. The van der Waals surface area contributed by atoms with Gasteiger partial charge in [0.05, 0.1) is 18.1 Å². The lowest BCUT2D eigenvalue weighted by Gasteiger charge is -2.03. The molecule has 1 heterocycles. The highest BCUT2D eigenvalue weighted by molar-refractivity contribution is 5.50. The molecule has 4 nitrogen and oxygen atoms in total. The molecule has 0 saturated carbocycles. The predicted molar refractivity (Wildman–Crippen MR) is 50.5 cm³/mol. The van der Waals surface area contributed by atoms with Gasteiger partial charge < -0.3 is 5.73 Å². The van der Waals surface area contributed by atoms with Gasteiger partial charge >= 0.3 is 0 Å². The Morgan fingerprint density at radius 3 is 2.77 bits per heavy atom. The lowest BCUT2D eigenvalue weighted by Crippen LogP contribution is -1.97. The molecule has 1 aromatic carbocycles. The molecular formula is C9H10N4. The minimum Gasteiger partial charge on any atom is -0.399 e. The van der Waals surface area contributed by atoms with E-state index in [-0.39, 0.29) is 0 Å². The first-order valence-electron chi connectivity index (χ1n) is 3.99. The highest BCUT2D eigenvalue weighted by atomic mass is 15.4. The molecule has 0 radical (unpaired) electrons. The maximum atomic E-state index is 5.70. The van der Waals surface area contributed by atoms with Gasteiger partial charge in [0.15, 0.2) is 0 Å². The summed E-state index contributed by atoms with van der Waals surface area (Å²) >= 11 is 0. The molecule has 2 N–H and O–H groups in total. The van der Waals surface area contributed by atoms with Crippen LogP contribution in [0.1, 0.15) is 5.56 Å². The van der Waals surface area contributed by atoms with E-state index >= 15 is 0 Å². The molecule has 0 unspecified atom stereocenters. The number of aryl methyl sites for hydroxylation is 1. The number of rotatable bonds is 1. The van der Waals surface area contributed by atoms with Crippen LogP contribution in [0, 0.1) is 6.92 Å². The van der Waals surface area contributed by atoms with Gasteiger partial charge in [-0.1, -0.05) is 5.21 Å². The third kappa shape index (κ3) is 1.51. The predicted octanol–water partition coefficient (Wildman–Crippen LogP) is 1.16. The lowest BCUT2D eigenvalue weighted by molar-refractivity contribution is 0.803. The highest BCUT2D eigenvalue weighted by Gasteiger charge is 1.98. The van der Waals surface area contributed by atoms with Crippen molar-refractivity contribution >= 4 is 5.69 Å². The van der Waals surface area contributed by atoms with Crippen molar-refractivity contribution in [2.24, 2.45) is 0 Å². The van der Waals surface area contributed by atoms with E-state index in [1.54, 1.807) is 17.1 Å². The fourth-order valence-electron chi connectivity index (χ4n) is 1.27. The summed E-state index contributed by atoms with van der Waals surface area (Å²) in [6.45, 7) is 2.00. The Labute approximate surface area is 76.0 Å². The second-order valence-electron chi connectivity index (χ2n) is 2.95. The van der Waals surface area contributed by atoms with E-state index in [0.717, 1.165) is 16.9 Å². The van der Waals surface area contributed by atoms with Crippen molar-refractivity contribution in [3.63, 3.8) is 0 Å². The van der Waals surface area contributed by atoms with Crippen LogP contribution in [0.3, 0.4) is 0 Å². The molecule has 1 aromatic heterocycles. The van der Waals surface area contributed by atoms with Gasteiger partial charge in [0.1, 0.15) is 0 Å². The molecule has 4 heteroatoms. The van der Waals surface area contributed by atoms with Crippen molar-refractivity contribution in [2.45, 2.75) is 6.92 Å². The Morgan fingerprint density at radius 1 is 1.31 bits per heavy atom. The van der Waals surface area contributed by atoms with Crippen LogP contribution in [0.15, 0.2) is 30.6 Å². The summed E-state index contributed by atoms with van der Waals surface area (Å²) in [5.41, 5.74) is 8.50. The fourth-order valence-corrected chi connectivity index (χ4v) is 1.27. The third-order valence-corrected chi connectivity index (χ3v) is 1.77. The molecule has 0 atom stereocenters. The first kappa shape index (κ1) is 7.79. The maximum absolute atomic E-state index is 5.70. The molecule has 0 fully saturated rings. The van der Waals surface area contributed by atoms with Crippen molar-refractivity contribution in [2.75, 3.05) is 5.73 Å². The number of nitrogen functional groups attached to an aromatic ring is 1. The second kappa shape index (κ2) is 2.90. The van der Waals surface area contributed by atoms with Crippen LogP contribution < -0.4 is 5.73 Å². The minimum atomic E-state index is 0.741. The smallest absolute Gasteiger partial charge is 0.0697 e. The summed E-state index contributed by atoms with van der Waals surface area (Å²) in [6.07, 6.45) is 3.42. The van der Waals surface area contributed by atoms with Gasteiger partial charge in [-0.2, -0.15) is 0 Å². The van der Waals surface area contributed by atoms with Crippen LogP contribution in [0.5, 0.6) is 0 Å². The molecule has 0 bridgehead atoms. The van der Waals surface area contributed by atoms with Gasteiger partial charge in [0, 0.05) is 5.69 Å². The zero-order valence-corrected chi connectivity index (χ0v) is 7.31. The monoisotopic (exact) mass is 174 g/mol. The summed E-state index contributed by atoms with van der Waals surface area (Å²) in [7, 11) is 0. The topological polar surface area (TPSA) is 56.7 Å². The van der Waals surface area contributed by atoms with Gasteiger partial charge in [-0.05, 0) is 30.7 Å². The molecule has 0 aliphatic heterocycles. The number of nitrogens with zero attached hydrogens (tertiary/aromatic N) is 3. The van der Waals surface area contributed by atoms with Crippen molar-refractivity contribution in [1.29, 1.82) is 0 Å². The van der Waals surface area contributed by atoms with Crippen LogP contribution in [0.4, 0.5) is 5.69 Å². The van der Waals surface area contributed by atoms with Gasteiger partial charge in [0.25, 0.3) is 0 Å². The normalized spacial score (nSPS) is 10.2. The Kier molecular flexibility index (Phi) is 1.73. The van der Waals surface area contributed by atoms with Crippen LogP contribution >= 0.6 is 0 Å². The van der Waals surface area contributed by atoms with Crippen LogP contribution in [0.2, 0.25) is 0 Å². The Bertz CT molecular complexity index is 385. The van der Waals surface area contributed by atoms with Crippen molar-refractivity contribution in [1.82, 2.24) is 15.0 Å². The van der Waals surface area contributed by atoms with Crippen LogP contribution in [-0.2, 0) is 0 Å². The van der Waals surface area contributed by atoms with Crippen molar-refractivity contribution in [3.05, 3.63) is 36.2 Å². The van der Waals surface area contributed by atoms with Crippen LogP contribution in [-0.4, -0.2) is 15.0 Å². The maximum Gasteiger partial charge on any atom is 0.0697 e. The average Bonchev–Trinajstić information content (AvgIpc) is 2.53. The van der Waals surface area contributed by atoms with E-state index in [9.17, 15) is 0 Å². The molecule has 66 valence electrons. The Hall–Kier alpha value is -1.84. The van der Waals surface area contributed by atoms with E-state index in [2.05, 4.69) is 10.3 Å². The SMILES string of the molecule is Cc1cc(N)cc(-n2ccnn2)c1.